The summed E-state index contributed by atoms with van der Waals surface area (Å²) in [6, 6.07) is 11.3. The van der Waals surface area contributed by atoms with E-state index < -0.39 is 6.04 Å². The number of fused-ring (bicyclic) bond motifs is 1. The van der Waals surface area contributed by atoms with Crippen LogP contribution in [-0.4, -0.2) is 54.2 Å². The van der Waals surface area contributed by atoms with Gasteiger partial charge in [0.1, 0.15) is 11.9 Å². The first-order chi connectivity index (χ1) is 16.5. The van der Waals surface area contributed by atoms with Crippen molar-refractivity contribution < 1.29 is 23.5 Å². The highest BCUT2D eigenvalue weighted by Crippen LogP contribution is 2.30. The number of benzene rings is 2. The van der Waals surface area contributed by atoms with E-state index >= 15 is 0 Å². The van der Waals surface area contributed by atoms with E-state index in [1.807, 2.05) is 0 Å². The van der Waals surface area contributed by atoms with Gasteiger partial charge in [0, 0.05) is 30.2 Å². The highest BCUT2D eigenvalue weighted by Gasteiger charge is 2.31. The van der Waals surface area contributed by atoms with Gasteiger partial charge >= 0.3 is 5.97 Å². The van der Waals surface area contributed by atoms with Gasteiger partial charge in [0.15, 0.2) is 0 Å². The first-order valence-electron chi connectivity index (χ1n) is 11.4. The summed E-state index contributed by atoms with van der Waals surface area (Å²) in [4.78, 5) is 39.5. The van der Waals surface area contributed by atoms with Crippen molar-refractivity contribution in [1.82, 2.24) is 4.90 Å². The van der Waals surface area contributed by atoms with Crippen LogP contribution in [0.15, 0.2) is 42.5 Å². The van der Waals surface area contributed by atoms with Crippen LogP contribution in [0.4, 0.5) is 15.8 Å². The Kier molecular flexibility index (Phi) is 7.72. The predicted molar refractivity (Wildman–Crippen MR) is 130 cm³/mol. The number of esters is 1. The minimum Gasteiger partial charge on any atom is -0.466 e. The molecule has 2 amide bonds. The lowest BCUT2D eigenvalue weighted by Crippen LogP contribution is -2.43. The number of nitrogens with zero attached hydrogens (tertiary/aromatic N) is 1. The van der Waals surface area contributed by atoms with Crippen LogP contribution in [0.1, 0.15) is 35.7 Å². The Bertz CT molecular complexity index is 1080. The van der Waals surface area contributed by atoms with E-state index in [1.165, 1.54) is 17.8 Å². The highest BCUT2D eigenvalue weighted by atomic mass is 32.2. The van der Waals surface area contributed by atoms with Gasteiger partial charge in [-0.25, -0.2) is 4.39 Å². The maximum absolute atomic E-state index is 13.8. The molecular weight excluding hydrogens is 457 g/mol. The van der Waals surface area contributed by atoms with Crippen LogP contribution >= 0.6 is 11.8 Å². The van der Waals surface area contributed by atoms with Gasteiger partial charge in [-0.15, -0.1) is 0 Å². The number of ether oxygens (including phenoxy) is 1. The van der Waals surface area contributed by atoms with Crippen molar-refractivity contribution in [2.75, 3.05) is 36.1 Å². The molecule has 34 heavy (non-hydrogen) atoms. The molecule has 2 heterocycles. The number of halogens is 1. The second-order valence-electron chi connectivity index (χ2n) is 8.40. The van der Waals surface area contributed by atoms with Crippen LogP contribution in [0.3, 0.4) is 0 Å². The molecule has 2 unspecified atom stereocenters. The largest absolute Gasteiger partial charge is 0.466 e. The fourth-order valence-corrected chi connectivity index (χ4v) is 5.24. The molecule has 2 atom stereocenters. The summed E-state index contributed by atoms with van der Waals surface area (Å²) in [5.41, 5.74) is 2.34. The molecular formula is C25H28FN3O4S. The van der Waals surface area contributed by atoms with E-state index in [-0.39, 0.29) is 29.5 Å². The summed E-state index contributed by atoms with van der Waals surface area (Å²) >= 11 is 1.48. The van der Waals surface area contributed by atoms with Crippen LogP contribution in [0.25, 0.3) is 0 Å². The predicted octanol–water partition coefficient (Wildman–Crippen LogP) is 3.91. The average Bonchev–Trinajstić information content (AvgIpc) is 2.85. The van der Waals surface area contributed by atoms with Crippen LogP contribution in [0, 0.1) is 11.7 Å². The molecule has 2 aromatic carbocycles. The SMILES string of the molecule is CCOC(=O)C1CCCN(C(=O)c2ccc3c(c2)NC(=O)C(CSCc2ccccc2F)N3)C1. The van der Waals surface area contributed by atoms with Gasteiger partial charge in [-0.05, 0) is 49.6 Å². The molecule has 0 bridgehead atoms. The Labute approximate surface area is 202 Å². The summed E-state index contributed by atoms with van der Waals surface area (Å²) in [5.74, 6) is -0.238. The minimum atomic E-state index is -0.460. The maximum atomic E-state index is 13.8. The second-order valence-corrected chi connectivity index (χ2v) is 9.43. The highest BCUT2D eigenvalue weighted by molar-refractivity contribution is 7.98. The third kappa shape index (κ3) is 5.52. The second kappa shape index (κ2) is 10.9. The molecule has 1 saturated heterocycles. The Balaban J connectivity index is 1.37. The lowest BCUT2D eigenvalue weighted by Gasteiger charge is -2.32. The van der Waals surface area contributed by atoms with E-state index in [9.17, 15) is 18.8 Å². The molecule has 0 spiro atoms. The average molecular weight is 486 g/mol. The maximum Gasteiger partial charge on any atom is 0.310 e. The Morgan fingerprint density at radius 1 is 1.21 bits per heavy atom. The van der Waals surface area contributed by atoms with Crippen LogP contribution in [0.5, 0.6) is 0 Å². The fraction of sp³-hybridized carbons (Fsp3) is 0.400. The van der Waals surface area contributed by atoms with Gasteiger partial charge in [0.25, 0.3) is 5.91 Å². The van der Waals surface area contributed by atoms with Crippen molar-refractivity contribution in [3.8, 4) is 0 Å². The first kappa shape index (κ1) is 24.1. The van der Waals surface area contributed by atoms with Crippen molar-refractivity contribution in [2.24, 2.45) is 5.92 Å². The zero-order valence-electron chi connectivity index (χ0n) is 19.0. The first-order valence-corrected chi connectivity index (χ1v) is 12.6. The molecule has 0 saturated carbocycles. The minimum absolute atomic E-state index is 0.173. The third-order valence-corrected chi connectivity index (χ3v) is 7.08. The molecule has 1 fully saturated rings. The fourth-order valence-electron chi connectivity index (χ4n) is 4.20. The Morgan fingerprint density at radius 2 is 2.03 bits per heavy atom. The van der Waals surface area contributed by atoms with Gasteiger partial charge in [0.05, 0.1) is 23.9 Å². The van der Waals surface area contributed by atoms with Crippen molar-refractivity contribution >= 4 is 40.9 Å². The molecule has 2 aromatic rings. The summed E-state index contributed by atoms with van der Waals surface area (Å²) in [5, 5.41) is 6.09. The molecule has 0 aromatic heterocycles. The molecule has 2 N–H and O–H groups in total. The van der Waals surface area contributed by atoms with Gasteiger partial charge in [-0.1, -0.05) is 18.2 Å². The molecule has 0 aliphatic carbocycles. The van der Waals surface area contributed by atoms with E-state index in [0.29, 0.717) is 54.4 Å². The molecule has 2 aliphatic rings. The number of rotatable bonds is 7. The van der Waals surface area contributed by atoms with Gasteiger partial charge in [-0.2, -0.15) is 11.8 Å². The summed E-state index contributed by atoms with van der Waals surface area (Å²) in [6.07, 6.45) is 1.45. The summed E-state index contributed by atoms with van der Waals surface area (Å²) < 4.78 is 18.9. The topological polar surface area (TPSA) is 87.7 Å². The lowest BCUT2D eigenvalue weighted by molar-refractivity contribution is -0.149. The number of anilines is 2. The summed E-state index contributed by atoms with van der Waals surface area (Å²) in [6.45, 7) is 3.01. The molecule has 4 rings (SSSR count). The third-order valence-electron chi connectivity index (χ3n) is 6.00. The Hall–Kier alpha value is -3.07. The van der Waals surface area contributed by atoms with Crippen molar-refractivity contribution in [1.29, 1.82) is 0 Å². The van der Waals surface area contributed by atoms with Gasteiger partial charge in [-0.3, -0.25) is 14.4 Å². The quantitative estimate of drug-likeness (QED) is 0.579. The molecule has 0 radical (unpaired) electrons. The van der Waals surface area contributed by atoms with Crippen LogP contribution < -0.4 is 10.6 Å². The number of carbonyl (C=O) groups is 3. The number of thioether (sulfide) groups is 1. The van der Waals surface area contributed by atoms with Gasteiger partial charge < -0.3 is 20.3 Å². The zero-order valence-corrected chi connectivity index (χ0v) is 19.8. The van der Waals surface area contributed by atoms with E-state index in [1.54, 1.807) is 48.2 Å². The standard InChI is InChI=1S/C25H28FN3O4S/c1-2-33-25(32)17-7-5-11-29(13-17)24(31)16-9-10-20-21(12-16)28-23(30)22(27-20)15-34-14-18-6-3-4-8-19(18)26/h3-4,6,8-10,12,17,22,27H,2,5,7,11,13-15H2,1H3,(H,28,30). The summed E-state index contributed by atoms with van der Waals surface area (Å²) in [7, 11) is 0. The monoisotopic (exact) mass is 485 g/mol. The van der Waals surface area contributed by atoms with Crippen molar-refractivity contribution in [2.45, 2.75) is 31.6 Å². The van der Waals surface area contributed by atoms with Crippen molar-refractivity contribution in [3.05, 3.63) is 59.4 Å². The van der Waals surface area contributed by atoms with Crippen LogP contribution in [-0.2, 0) is 20.1 Å². The normalized spacial score (nSPS) is 19.6. The molecule has 7 nitrogen and oxygen atoms in total. The number of carbonyl (C=O) groups excluding carboxylic acids is 3. The molecule has 9 heteroatoms. The van der Waals surface area contributed by atoms with E-state index in [0.717, 1.165) is 12.1 Å². The number of piperidine rings is 1. The number of hydrogen-bond donors (Lipinski definition) is 2. The number of amides is 2. The smallest absolute Gasteiger partial charge is 0.310 e. The van der Waals surface area contributed by atoms with Crippen LogP contribution in [0.2, 0.25) is 0 Å². The molecule has 2 aliphatic heterocycles. The number of likely N-dealkylation sites (tertiary alicyclic amines) is 1. The lowest BCUT2D eigenvalue weighted by atomic mass is 9.97. The van der Waals surface area contributed by atoms with E-state index in [4.69, 9.17) is 4.74 Å². The van der Waals surface area contributed by atoms with E-state index in [2.05, 4.69) is 10.6 Å². The zero-order chi connectivity index (χ0) is 24.1. The number of hydrogen-bond acceptors (Lipinski definition) is 6. The number of nitrogens with one attached hydrogen (secondary N) is 2. The molecule has 180 valence electrons. The van der Waals surface area contributed by atoms with Crippen molar-refractivity contribution in [3.63, 3.8) is 0 Å². The Morgan fingerprint density at radius 3 is 2.82 bits per heavy atom. The van der Waals surface area contributed by atoms with Gasteiger partial charge in [0.2, 0.25) is 5.91 Å².